The van der Waals surface area contributed by atoms with Crippen molar-refractivity contribution in [3.05, 3.63) is 0 Å². The molecule has 0 spiro atoms. The fourth-order valence-corrected chi connectivity index (χ4v) is 1.76. The number of unbranched alkanes of at least 4 members (excludes halogenated alkanes) is 4. The van der Waals surface area contributed by atoms with Gasteiger partial charge in [0.05, 0.1) is 28.9 Å². The van der Waals surface area contributed by atoms with Crippen LogP contribution in [0.1, 0.15) is 52.4 Å². The predicted octanol–water partition coefficient (Wildman–Crippen LogP) is 0.0413. The van der Waals surface area contributed by atoms with Crippen LogP contribution in [0.25, 0.3) is 0 Å². The molecule has 0 radical (unpaired) electrons. The molecule has 8 nitrogen and oxygen atoms in total. The number of hydrogen-bond donors (Lipinski definition) is 0. The minimum absolute atomic E-state index is 0. The molecule has 0 aromatic heterocycles. The summed E-state index contributed by atoms with van der Waals surface area (Å²) in [6, 6.07) is 0. The van der Waals surface area contributed by atoms with Crippen LogP contribution in [0.3, 0.4) is 0 Å². The third-order valence-corrected chi connectivity index (χ3v) is 2.99. The van der Waals surface area contributed by atoms with E-state index in [-0.39, 0.29) is 39.4 Å². The van der Waals surface area contributed by atoms with Gasteiger partial charge in [-0.25, -0.2) is 0 Å². The van der Waals surface area contributed by atoms with Crippen molar-refractivity contribution < 1.29 is 64.0 Å². The fourth-order valence-electron chi connectivity index (χ4n) is 1.06. The Balaban J connectivity index is -0.000000295. The summed E-state index contributed by atoms with van der Waals surface area (Å²) < 4.78 is 27.6. The molecule has 0 unspecified atom stereocenters. The number of rotatable bonds is 10. The van der Waals surface area contributed by atoms with Crippen LogP contribution in [0.4, 0.5) is 0 Å². The average Bonchev–Trinajstić information content (AvgIpc) is 2.29. The van der Waals surface area contributed by atoms with Crippen molar-refractivity contribution in [1.29, 1.82) is 0 Å². The van der Waals surface area contributed by atoms with Crippen LogP contribution in [-0.2, 0) is 44.4 Å². The minimum Gasteiger partial charge on any atom is -0.790 e. The Labute approximate surface area is 145 Å². The maximum atomic E-state index is 9.84. The molecule has 0 atom stereocenters. The van der Waals surface area contributed by atoms with Crippen molar-refractivity contribution >= 4 is 15.6 Å². The predicted molar refractivity (Wildman–Crippen MR) is 66.2 cm³/mol. The summed E-state index contributed by atoms with van der Waals surface area (Å²) >= 11 is 0. The Bertz CT molecular complexity index is 273. The van der Waals surface area contributed by atoms with Crippen LogP contribution in [0, 0.1) is 0 Å². The summed E-state index contributed by atoms with van der Waals surface area (Å²) in [5.74, 6) is 0. The van der Waals surface area contributed by atoms with Crippen molar-refractivity contribution in [1.82, 2.24) is 0 Å². The van der Waals surface area contributed by atoms with Gasteiger partial charge in [0.25, 0.3) is 0 Å². The van der Waals surface area contributed by atoms with E-state index in [0.29, 0.717) is 12.8 Å². The van der Waals surface area contributed by atoms with E-state index < -0.39 is 15.6 Å². The maximum Gasteiger partial charge on any atom is 4.00 e. The maximum absolute atomic E-state index is 9.84. The molecule has 0 fully saturated rings. The second-order valence-electron chi connectivity index (χ2n) is 3.98. The number of hydrogen-bond acceptors (Lipinski definition) is 8. The topological polar surface area (TPSA) is 145 Å². The largest absolute Gasteiger partial charge is 4.00 e. The van der Waals surface area contributed by atoms with E-state index >= 15 is 0 Å². The molecule has 0 aliphatic rings. The van der Waals surface area contributed by atoms with Crippen molar-refractivity contribution in [2.75, 3.05) is 13.2 Å². The Morgan fingerprint density at radius 3 is 1.19 bits per heavy atom. The summed E-state index contributed by atoms with van der Waals surface area (Å²) in [4.78, 5) is 39.4. The third-order valence-electron chi connectivity index (χ3n) is 1.99. The molecule has 0 aliphatic heterocycles. The van der Waals surface area contributed by atoms with E-state index in [2.05, 4.69) is 9.05 Å². The minimum atomic E-state index is -4.71. The Morgan fingerprint density at radius 2 is 1.00 bits per heavy atom. The van der Waals surface area contributed by atoms with Crippen LogP contribution in [-0.4, -0.2) is 13.2 Å². The molecule has 0 N–H and O–H groups in total. The molecule has 0 amide bonds. The first-order valence-corrected chi connectivity index (χ1v) is 9.37. The standard InChI is InChI=1S/2C5H13O4P.Zr/c2*1-2-3-4-5-9-10(6,7)8;/h2*2-5H2,1H3,(H2,6,7,8);/q;;+4/p-4. The molecule has 0 rings (SSSR count). The number of phosphoric ester groups is 2. The molecular formula is C10H22O8P2Zr. The van der Waals surface area contributed by atoms with E-state index in [1.54, 1.807) is 0 Å². The molecule has 124 valence electrons. The zero-order chi connectivity index (χ0) is 16.1. The van der Waals surface area contributed by atoms with E-state index in [0.717, 1.165) is 25.7 Å². The van der Waals surface area contributed by atoms with E-state index in [1.165, 1.54) is 0 Å². The van der Waals surface area contributed by atoms with Gasteiger partial charge in [-0.2, -0.15) is 0 Å². The molecule has 0 saturated carbocycles. The molecular weight excluding hydrogens is 401 g/mol. The first kappa shape index (κ1) is 27.0. The Kier molecular flexibility index (Phi) is 20.5. The van der Waals surface area contributed by atoms with E-state index in [1.807, 2.05) is 13.8 Å². The van der Waals surface area contributed by atoms with Crippen molar-refractivity contribution in [3.8, 4) is 0 Å². The normalized spacial score (nSPS) is 11.3. The molecule has 21 heavy (non-hydrogen) atoms. The summed E-state index contributed by atoms with van der Waals surface area (Å²) in [5.41, 5.74) is 0. The summed E-state index contributed by atoms with van der Waals surface area (Å²) in [5, 5.41) is 0. The van der Waals surface area contributed by atoms with Gasteiger partial charge >= 0.3 is 26.2 Å². The van der Waals surface area contributed by atoms with Crippen LogP contribution in [0.5, 0.6) is 0 Å². The average molecular weight is 423 g/mol. The van der Waals surface area contributed by atoms with Gasteiger partial charge in [0, 0.05) is 0 Å². The molecule has 0 heterocycles. The summed E-state index contributed by atoms with van der Waals surface area (Å²) in [6.07, 6.45) is 4.99. The SMILES string of the molecule is CCCCCOP(=O)([O-])[O-].CCCCCOP(=O)([O-])[O-].[Zr+4]. The number of phosphoric acid groups is 2. The Morgan fingerprint density at radius 1 is 0.714 bits per heavy atom. The Hall–Kier alpha value is 1.10. The van der Waals surface area contributed by atoms with E-state index in [4.69, 9.17) is 0 Å². The van der Waals surface area contributed by atoms with Crippen molar-refractivity contribution in [2.24, 2.45) is 0 Å². The molecule has 0 aromatic carbocycles. The fraction of sp³-hybridized carbons (Fsp3) is 1.00. The summed E-state index contributed by atoms with van der Waals surface area (Å²) in [6.45, 7) is 4.01. The molecule has 0 aliphatic carbocycles. The first-order valence-electron chi connectivity index (χ1n) is 6.45. The van der Waals surface area contributed by atoms with Crippen LogP contribution >= 0.6 is 15.6 Å². The van der Waals surface area contributed by atoms with Crippen molar-refractivity contribution in [3.63, 3.8) is 0 Å². The van der Waals surface area contributed by atoms with Gasteiger partial charge in [-0.05, 0) is 12.8 Å². The first-order chi connectivity index (χ1) is 9.12. The monoisotopic (exact) mass is 422 g/mol. The van der Waals surface area contributed by atoms with Crippen LogP contribution < -0.4 is 19.6 Å². The second kappa shape index (κ2) is 16.0. The zero-order valence-electron chi connectivity index (χ0n) is 12.3. The zero-order valence-corrected chi connectivity index (χ0v) is 16.6. The van der Waals surface area contributed by atoms with Gasteiger partial charge in [-0.1, -0.05) is 39.5 Å². The third kappa shape index (κ3) is 33.8. The van der Waals surface area contributed by atoms with Gasteiger partial charge < -0.3 is 37.8 Å². The van der Waals surface area contributed by atoms with Crippen LogP contribution in [0.15, 0.2) is 0 Å². The smallest absolute Gasteiger partial charge is 0.790 e. The van der Waals surface area contributed by atoms with Crippen molar-refractivity contribution in [2.45, 2.75) is 52.4 Å². The van der Waals surface area contributed by atoms with Gasteiger partial charge in [-0.15, -0.1) is 0 Å². The molecule has 0 saturated heterocycles. The van der Waals surface area contributed by atoms with Gasteiger partial charge in [0.1, 0.15) is 0 Å². The molecule has 0 bridgehead atoms. The van der Waals surface area contributed by atoms with Gasteiger partial charge in [-0.3, -0.25) is 0 Å². The quantitative estimate of drug-likeness (QED) is 0.354. The van der Waals surface area contributed by atoms with Gasteiger partial charge in [0.2, 0.25) is 0 Å². The van der Waals surface area contributed by atoms with Crippen LogP contribution in [0.2, 0.25) is 0 Å². The van der Waals surface area contributed by atoms with Gasteiger partial charge in [0.15, 0.2) is 0 Å². The second-order valence-corrected chi connectivity index (χ2v) is 6.28. The molecule has 0 aromatic rings. The molecule has 11 heteroatoms. The van der Waals surface area contributed by atoms with E-state index in [9.17, 15) is 28.7 Å². The summed E-state index contributed by atoms with van der Waals surface area (Å²) in [7, 11) is -9.41.